The van der Waals surface area contributed by atoms with Gasteiger partial charge >= 0.3 is 0 Å². The lowest BCUT2D eigenvalue weighted by atomic mass is 9.92. The summed E-state index contributed by atoms with van der Waals surface area (Å²) >= 11 is 0. The van der Waals surface area contributed by atoms with E-state index in [0.717, 1.165) is 28.9 Å². The Kier molecular flexibility index (Phi) is 2.57. The Balaban J connectivity index is 1.89. The van der Waals surface area contributed by atoms with Crippen LogP contribution in [0.15, 0.2) is 36.8 Å². The molecule has 1 aromatic carbocycles. The fourth-order valence-electron chi connectivity index (χ4n) is 2.90. The Morgan fingerprint density at radius 1 is 1.25 bits per heavy atom. The third-order valence-corrected chi connectivity index (χ3v) is 3.93. The van der Waals surface area contributed by atoms with E-state index in [-0.39, 0.29) is 0 Å². The smallest absolute Gasteiger partial charge is 0.141 e. The fourth-order valence-corrected chi connectivity index (χ4v) is 2.90. The molecule has 0 bridgehead atoms. The van der Waals surface area contributed by atoms with Crippen molar-refractivity contribution in [1.82, 2.24) is 15.0 Å². The van der Waals surface area contributed by atoms with Crippen molar-refractivity contribution >= 4 is 11.0 Å². The molecule has 1 aliphatic rings. The summed E-state index contributed by atoms with van der Waals surface area (Å²) in [7, 11) is 0. The summed E-state index contributed by atoms with van der Waals surface area (Å²) in [5, 5.41) is 1.05. The summed E-state index contributed by atoms with van der Waals surface area (Å²) in [5.41, 5.74) is 5.62. The third kappa shape index (κ3) is 1.72. The molecule has 1 unspecified atom stereocenters. The molecule has 4 heteroatoms. The van der Waals surface area contributed by atoms with Crippen LogP contribution in [0.5, 0.6) is 0 Å². The minimum atomic E-state index is 0.463. The molecule has 100 valence electrons. The van der Waals surface area contributed by atoms with Crippen LogP contribution in [0.1, 0.15) is 24.0 Å². The predicted molar refractivity (Wildman–Crippen MR) is 77.4 cm³/mol. The molecule has 1 aliphatic heterocycles. The van der Waals surface area contributed by atoms with E-state index >= 15 is 0 Å². The van der Waals surface area contributed by atoms with E-state index in [1.807, 2.05) is 12.3 Å². The maximum atomic E-state index is 5.63. The van der Waals surface area contributed by atoms with Crippen LogP contribution in [-0.4, -0.2) is 21.6 Å². The molecule has 0 saturated heterocycles. The van der Waals surface area contributed by atoms with Crippen molar-refractivity contribution < 1.29 is 4.74 Å². The van der Waals surface area contributed by atoms with E-state index in [2.05, 4.69) is 40.1 Å². The molecule has 3 aromatic rings. The van der Waals surface area contributed by atoms with Gasteiger partial charge in [0.05, 0.1) is 18.9 Å². The zero-order chi connectivity index (χ0) is 13.5. The Hall–Kier alpha value is -2.20. The Bertz CT molecular complexity index is 778. The Morgan fingerprint density at radius 3 is 3.15 bits per heavy atom. The molecule has 4 rings (SSSR count). The second-order valence-electron chi connectivity index (χ2n) is 5.29. The second-order valence-corrected chi connectivity index (χ2v) is 5.29. The highest BCUT2D eigenvalue weighted by Crippen LogP contribution is 2.31. The average molecular weight is 265 g/mol. The van der Waals surface area contributed by atoms with Crippen LogP contribution >= 0.6 is 0 Å². The van der Waals surface area contributed by atoms with Crippen molar-refractivity contribution in [3.8, 4) is 11.3 Å². The number of aromatic amines is 1. The number of ether oxygens (including phenoxy) is 1. The first kappa shape index (κ1) is 11.6. The third-order valence-electron chi connectivity index (χ3n) is 3.93. The molecule has 3 heterocycles. The zero-order valence-corrected chi connectivity index (χ0v) is 11.3. The van der Waals surface area contributed by atoms with Crippen LogP contribution in [0.2, 0.25) is 0 Å². The first-order valence-corrected chi connectivity index (χ1v) is 6.82. The van der Waals surface area contributed by atoms with Crippen molar-refractivity contribution in [3.05, 3.63) is 47.9 Å². The minimum absolute atomic E-state index is 0.463. The monoisotopic (exact) mass is 265 g/mol. The van der Waals surface area contributed by atoms with Crippen LogP contribution in [0.25, 0.3) is 22.3 Å². The highest BCUT2D eigenvalue weighted by molar-refractivity contribution is 5.90. The molecule has 0 fully saturated rings. The molecule has 1 atom stereocenters. The molecule has 0 radical (unpaired) electrons. The number of aromatic nitrogens is 3. The molecule has 0 aliphatic carbocycles. The van der Waals surface area contributed by atoms with E-state index in [9.17, 15) is 0 Å². The van der Waals surface area contributed by atoms with Gasteiger partial charge in [0.1, 0.15) is 12.0 Å². The lowest BCUT2D eigenvalue weighted by Crippen LogP contribution is -2.14. The topological polar surface area (TPSA) is 50.8 Å². The van der Waals surface area contributed by atoms with Gasteiger partial charge in [-0.1, -0.05) is 19.1 Å². The van der Waals surface area contributed by atoms with Gasteiger partial charge in [0.25, 0.3) is 0 Å². The van der Waals surface area contributed by atoms with Gasteiger partial charge in [0.2, 0.25) is 0 Å². The summed E-state index contributed by atoms with van der Waals surface area (Å²) in [6, 6.07) is 8.57. The molecule has 0 spiro atoms. The van der Waals surface area contributed by atoms with Crippen molar-refractivity contribution in [3.63, 3.8) is 0 Å². The van der Waals surface area contributed by atoms with Gasteiger partial charge in [-0.2, -0.15) is 0 Å². The van der Waals surface area contributed by atoms with Crippen molar-refractivity contribution in [2.45, 2.75) is 19.4 Å². The summed E-state index contributed by atoms with van der Waals surface area (Å²) in [4.78, 5) is 11.8. The Labute approximate surface area is 116 Å². The summed E-state index contributed by atoms with van der Waals surface area (Å²) in [6.07, 6.45) is 3.50. The van der Waals surface area contributed by atoms with Gasteiger partial charge in [0, 0.05) is 23.1 Å². The molecule has 4 nitrogen and oxygen atoms in total. The van der Waals surface area contributed by atoms with E-state index in [1.54, 1.807) is 6.33 Å². The molecular weight excluding hydrogens is 250 g/mol. The predicted octanol–water partition coefficient (Wildman–Crippen LogP) is 3.26. The molecule has 20 heavy (non-hydrogen) atoms. The SMILES string of the molecule is CC1COCc2cc(-c3ncnc4[nH]ccc34)ccc21. The number of hydrogen-bond acceptors (Lipinski definition) is 3. The van der Waals surface area contributed by atoms with Gasteiger partial charge in [-0.15, -0.1) is 0 Å². The van der Waals surface area contributed by atoms with Crippen LogP contribution in [0.3, 0.4) is 0 Å². The number of nitrogens with one attached hydrogen (secondary N) is 1. The summed E-state index contributed by atoms with van der Waals surface area (Å²) in [5.74, 6) is 0.463. The quantitative estimate of drug-likeness (QED) is 0.734. The van der Waals surface area contributed by atoms with E-state index in [0.29, 0.717) is 12.5 Å². The lowest BCUT2D eigenvalue weighted by molar-refractivity contribution is 0.0951. The lowest BCUT2D eigenvalue weighted by Gasteiger charge is -2.23. The average Bonchev–Trinajstić information content (AvgIpc) is 2.95. The number of nitrogens with zero attached hydrogens (tertiary/aromatic N) is 2. The van der Waals surface area contributed by atoms with Crippen LogP contribution in [0.4, 0.5) is 0 Å². The van der Waals surface area contributed by atoms with Crippen molar-refractivity contribution in [2.75, 3.05) is 6.61 Å². The van der Waals surface area contributed by atoms with Gasteiger partial charge in [0.15, 0.2) is 0 Å². The molecule has 0 saturated carbocycles. The first-order chi connectivity index (χ1) is 9.83. The van der Waals surface area contributed by atoms with Gasteiger partial charge in [-0.25, -0.2) is 9.97 Å². The van der Waals surface area contributed by atoms with Gasteiger partial charge in [-0.3, -0.25) is 0 Å². The highest BCUT2D eigenvalue weighted by Gasteiger charge is 2.18. The molecule has 1 N–H and O–H groups in total. The van der Waals surface area contributed by atoms with Crippen LogP contribution in [-0.2, 0) is 11.3 Å². The van der Waals surface area contributed by atoms with Crippen molar-refractivity contribution in [1.29, 1.82) is 0 Å². The van der Waals surface area contributed by atoms with E-state index < -0.39 is 0 Å². The zero-order valence-electron chi connectivity index (χ0n) is 11.3. The maximum Gasteiger partial charge on any atom is 0.141 e. The van der Waals surface area contributed by atoms with Gasteiger partial charge < -0.3 is 9.72 Å². The number of hydrogen-bond donors (Lipinski definition) is 1. The standard InChI is InChI=1S/C16H15N3O/c1-10-7-20-8-12-6-11(2-3-13(10)12)15-14-4-5-17-16(14)19-9-18-15/h2-6,9-10H,7-8H2,1H3,(H,17,18,19). The van der Waals surface area contributed by atoms with E-state index in [1.165, 1.54) is 11.1 Å². The van der Waals surface area contributed by atoms with Crippen LogP contribution in [0, 0.1) is 0 Å². The maximum absolute atomic E-state index is 5.63. The van der Waals surface area contributed by atoms with E-state index in [4.69, 9.17) is 4.74 Å². The number of rotatable bonds is 1. The number of H-pyrrole nitrogens is 1. The van der Waals surface area contributed by atoms with Gasteiger partial charge in [-0.05, 0) is 23.3 Å². The molecule has 0 amide bonds. The van der Waals surface area contributed by atoms with Crippen molar-refractivity contribution in [2.24, 2.45) is 0 Å². The first-order valence-electron chi connectivity index (χ1n) is 6.82. The highest BCUT2D eigenvalue weighted by atomic mass is 16.5. The summed E-state index contributed by atoms with van der Waals surface area (Å²) in [6.45, 7) is 3.70. The Morgan fingerprint density at radius 2 is 2.20 bits per heavy atom. The molecule has 2 aromatic heterocycles. The normalized spacial score (nSPS) is 18.1. The van der Waals surface area contributed by atoms with Crippen LogP contribution < -0.4 is 0 Å². The fraction of sp³-hybridized carbons (Fsp3) is 0.250. The second kappa shape index (κ2) is 4.42. The molecular formula is C16H15N3O. The largest absolute Gasteiger partial charge is 0.376 e. The number of benzene rings is 1. The summed E-state index contributed by atoms with van der Waals surface area (Å²) < 4.78 is 5.63. The number of fused-ring (bicyclic) bond motifs is 2. The minimum Gasteiger partial charge on any atom is -0.376 e.